The molecule has 0 N–H and O–H groups in total. The van der Waals surface area contributed by atoms with Gasteiger partial charge in [0.2, 0.25) is 0 Å². The van der Waals surface area contributed by atoms with Crippen LogP contribution in [0.25, 0.3) is 0 Å². The van der Waals surface area contributed by atoms with Crippen molar-refractivity contribution in [1.29, 1.82) is 0 Å². The number of benzene rings is 2. The van der Waals surface area contributed by atoms with Crippen LogP contribution in [0.2, 0.25) is 0 Å². The summed E-state index contributed by atoms with van der Waals surface area (Å²) in [5.74, 6) is -0.148. The lowest BCUT2D eigenvalue weighted by molar-refractivity contribution is -0.0498. The van der Waals surface area contributed by atoms with E-state index in [1.165, 1.54) is 24.3 Å². The van der Waals surface area contributed by atoms with Crippen molar-refractivity contribution in [2.45, 2.75) is 6.61 Å². The van der Waals surface area contributed by atoms with Crippen molar-refractivity contribution in [3.8, 4) is 5.75 Å². The van der Waals surface area contributed by atoms with Gasteiger partial charge in [0.15, 0.2) is 5.78 Å². The molecule has 0 atom stereocenters. The van der Waals surface area contributed by atoms with Gasteiger partial charge < -0.3 is 4.74 Å². The molecule has 2 aromatic rings. The van der Waals surface area contributed by atoms with E-state index in [-0.39, 0.29) is 11.5 Å². The molecular formula is C14H9BrF2O2. The molecule has 0 saturated heterocycles. The van der Waals surface area contributed by atoms with E-state index in [0.717, 1.165) is 4.47 Å². The number of ether oxygens (including phenoxy) is 1. The highest BCUT2D eigenvalue weighted by atomic mass is 79.9. The highest BCUT2D eigenvalue weighted by Crippen LogP contribution is 2.19. The largest absolute Gasteiger partial charge is 0.435 e. The minimum absolute atomic E-state index is 0.0285. The van der Waals surface area contributed by atoms with Crippen molar-refractivity contribution in [2.75, 3.05) is 0 Å². The van der Waals surface area contributed by atoms with Crippen LogP contribution >= 0.6 is 15.9 Å². The number of rotatable bonds is 4. The third-order valence-corrected chi connectivity index (χ3v) is 2.92. The number of alkyl halides is 2. The Hall–Kier alpha value is -1.75. The van der Waals surface area contributed by atoms with Crippen molar-refractivity contribution in [1.82, 2.24) is 0 Å². The number of halogens is 3. The van der Waals surface area contributed by atoms with E-state index >= 15 is 0 Å². The van der Waals surface area contributed by atoms with Crippen LogP contribution in [0, 0.1) is 0 Å². The van der Waals surface area contributed by atoms with Gasteiger partial charge in [0.25, 0.3) is 0 Å². The highest BCUT2D eigenvalue weighted by Gasteiger charge is 2.10. The van der Waals surface area contributed by atoms with Crippen molar-refractivity contribution in [2.24, 2.45) is 0 Å². The summed E-state index contributed by atoms with van der Waals surface area (Å²) in [6.07, 6.45) is 0. The smallest absolute Gasteiger partial charge is 0.387 e. The van der Waals surface area contributed by atoms with Crippen molar-refractivity contribution in [3.05, 3.63) is 64.1 Å². The van der Waals surface area contributed by atoms with Crippen LogP contribution in [-0.2, 0) is 0 Å². The van der Waals surface area contributed by atoms with E-state index in [0.29, 0.717) is 11.1 Å². The van der Waals surface area contributed by atoms with Gasteiger partial charge in [-0.2, -0.15) is 8.78 Å². The Bertz CT molecular complexity index is 582. The second-order valence-electron chi connectivity index (χ2n) is 3.74. The molecule has 0 radical (unpaired) electrons. The van der Waals surface area contributed by atoms with Gasteiger partial charge in [-0.15, -0.1) is 0 Å². The Morgan fingerprint density at radius 2 is 1.74 bits per heavy atom. The van der Waals surface area contributed by atoms with Crippen molar-refractivity contribution < 1.29 is 18.3 Å². The summed E-state index contributed by atoms with van der Waals surface area (Å²) in [7, 11) is 0. The van der Waals surface area contributed by atoms with E-state index in [4.69, 9.17) is 0 Å². The average Bonchev–Trinajstić information content (AvgIpc) is 2.38. The summed E-state index contributed by atoms with van der Waals surface area (Å²) in [5, 5.41) is 0. The maximum atomic E-state index is 12.1. The molecule has 0 aliphatic heterocycles. The fraction of sp³-hybridized carbons (Fsp3) is 0.0714. The van der Waals surface area contributed by atoms with Crippen LogP contribution in [0.5, 0.6) is 5.75 Å². The molecule has 98 valence electrons. The molecule has 2 nitrogen and oxygen atoms in total. The molecule has 2 rings (SSSR count). The molecule has 0 heterocycles. The average molecular weight is 327 g/mol. The van der Waals surface area contributed by atoms with Gasteiger partial charge in [-0.3, -0.25) is 4.79 Å². The van der Waals surface area contributed by atoms with Crippen molar-refractivity contribution >= 4 is 21.7 Å². The lowest BCUT2D eigenvalue weighted by Crippen LogP contribution is -2.03. The van der Waals surface area contributed by atoms with Gasteiger partial charge in [-0.25, -0.2) is 0 Å². The van der Waals surface area contributed by atoms with Crippen LogP contribution in [0.15, 0.2) is 53.0 Å². The summed E-state index contributed by atoms with van der Waals surface area (Å²) in [4.78, 5) is 12.1. The van der Waals surface area contributed by atoms with E-state index in [9.17, 15) is 13.6 Å². The zero-order chi connectivity index (χ0) is 13.8. The van der Waals surface area contributed by atoms with E-state index < -0.39 is 6.61 Å². The number of carbonyl (C=O) groups excluding carboxylic acids is 1. The molecule has 0 bridgehead atoms. The first-order chi connectivity index (χ1) is 9.06. The van der Waals surface area contributed by atoms with E-state index in [1.54, 1.807) is 18.2 Å². The Morgan fingerprint density at radius 1 is 1.05 bits per heavy atom. The van der Waals surface area contributed by atoms with E-state index in [2.05, 4.69) is 20.7 Å². The number of hydrogen-bond donors (Lipinski definition) is 0. The molecule has 0 aliphatic carbocycles. The fourth-order valence-corrected chi connectivity index (χ4v) is 1.98. The second-order valence-corrected chi connectivity index (χ2v) is 4.66. The Kier molecular flexibility index (Phi) is 4.27. The molecule has 0 unspecified atom stereocenters. The maximum Gasteiger partial charge on any atom is 0.387 e. The van der Waals surface area contributed by atoms with Gasteiger partial charge >= 0.3 is 6.61 Å². The standard InChI is InChI=1S/C14H9BrF2O2/c15-11-3-1-2-10(8-11)13(18)9-4-6-12(7-5-9)19-14(16)17/h1-8,14H. The molecule has 0 aromatic heterocycles. The molecule has 19 heavy (non-hydrogen) atoms. The molecule has 2 aromatic carbocycles. The van der Waals surface area contributed by atoms with Gasteiger partial charge in [0, 0.05) is 15.6 Å². The minimum atomic E-state index is -2.87. The zero-order valence-corrected chi connectivity index (χ0v) is 11.2. The zero-order valence-electron chi connectivity index (χ0n) is 9.65. The summed E-state index contributed by atoms with van der Waals surface area (Å²) in [6, 6.07) is 12.6. The molecule has 0 saturated carbocycles. The third kappa shape index (κ3) is 3.61. The quantitative estimate of drug-likeness (QED) is 0.784. The molecule has 5 heteroatoms. The van der Waals surface area contributed by atoms with Gasteiger partial charge in [-0.1, -0.05) is 28.1 Å². The van der Waals surface area contributed by atoms with Crippen LogP contribution in [0.3, 0.4) is 0 Å². The first-order valence-electron chi connectivity index (χ1n) is 5.41. The summed E-state index contributed by atoms with van der Waals surface area (Å²) >= 11 is 3.29. The molecular weight excluding hydrogens is 318 g/mol. The van der Waals surface area contributed by atoms with Gasteiger partial charge in [0.1, 0.15) is 5.75 Å². The number of ketones is 1. The maximum absolute atomic E-state index is 12.1. The highest BCUT2D eigenvalue weighted by molar-refractivity contribution is 9.10. The summed E-state index contributed by atoms with van der Waals surface area (Å²) in [5.41, 5.74) is 0.941. The van der Waals surface area contributed by atoms with Crippen LogP contribution in [-0.4, -0.2) is 12.4 Å². The Labute approximate surface area is 117 Å². The Balaban J connectivity index is 2.20. The second kappa shape index (κ2) is 5.93. The first-order valence-corrected chi connectivity index (χ1v) is 6.21. The van der Waals surface area contributed by atoms with Gasteiger partial charge in [0.05, 0.1) is 0 Å². The molecule has 0 aliphatic rings. The summed E-state index contributed by atoms with van der Waals surface area (Å²) in [6.45, 7) is -2.87. The fourth-order valence-electron chi connectivity index (χ4n) is 1.58. The minimum Gasteiger partial charge on any atom is -0.435 e. The first kappa shape index (κ1) is 13.7. The predicted octanol–water partition coefficient (Wildman–Crippen LogP) is 4.28. The van der Waals surface area contributed by atoms with Crippen LogP contribution in [0.1, 0.15) is 15.9 Å². The normalized spacial score (nSPS) is 10.5. The summed E-state index contributed by atoms with van der Waals surface area (Å²) < 4.78 is 29.0. The van der Waals surface area contributed by atoms with Crippen LogP contribution < -0.4 is 4.74 Å². The molecule has 0 fully saturated rings. The monoisotopic (exact) mass is 326 g/mol. The topological polar surface area (TPSA) is 26.3 Å². The number of hydrogen-bond acceptors (Lipinski definition) is 2. The predicted molar refractivity (Wildman–Crippen MR) is 70.6 cm³/mol. The SMILES string of the molecule is O=C(c1ccc(OC(F)F)cc1)c1cccc(Br)c1. The lowest BCUT2D eigenvalue weighted by atomic mass is 10.0. The van der Waals surface area contributed by atoms with Crippen molar-refractivity contribution in [3.63, 3.8) is 0 Å². The van der Waals surface area contributed by atoms with Gasteiger partial charge in [-0.05, 0) is 36.4 Å². The lowest BCUT2D eigenvalue weighted by Gasteiger charge is -2.05. The molecule has 0 amide bonds. The van der Waals surface area contributed by atoms with Crippen LogP contribution in [0.4, 0.5) is 8.78 Å². The number of carbonyl (C=O) groups is 1. The molecule has 0 spiro atoms. The Morgan fingerprint density at radius 3 is 2.32 bits per heavy atom. The third-order valence-electron chi connectivity index (χ3n) is 2.43. The van der Waals surface area contributed by atoms with E-state index in [1.807, 2.05) is 6.07 Å².